The molecule has 2 aromatic carbocycles. The molecule has 0 aliphatic carbocycles. The molecule has 0 unspecified atom stereocenters. The molecule has 3 rings (SSSR count). The van der Waals surface area contributed by atoms with E-state index < -0.39 is 5.63 Å². The number of hydrogen-bond acceptors (Lipinski definition) is 5. The monoisotopic (exact) mass is 443 g/mol. The molecule has 0 radical (unpaired) electrons. The van der Waals surface area contributed by atoms with Crippen LogP contribution < -0.4 is 10.4 Å². The maximum atomic E-state index is 12.4. The largest absolute Gasteiger partial charge is 0.489 e. The van der Waals surface area contributed by atoms with Crippen molar-refractivity contribution in [2.24, 2.45) is 0 Å². The minimum Gasteiger partial charge on any atom is -0.489 e. The number of rotatable bonds is 7. The van der Waals surface area contributed by atoms with Crippen LogP contribution in [0.25, 0.3) is 11.0 Å². The summed E-state index contributed by atoms with van der Waals surface area (Å²) in [5.41, 5.74) is 1.79. The summed E-state index contributed by atoms with van der Waals surface area (Å²) in [5.74, 6) is 0.397. The molecule has 0 fully saturated rings. The van der Waals surface area contributed by atoms with Crippen LogP contribution in [0.4, 0.5) is 0 Å². The Kier molecular flexibility index (Phi) is 6.31. The second-order valence-corrected chi connectivity index (χ2v) is 7.81. The van der Waals surface area contributed by atoms with Crippen molar-refractivity contribution in [2.45, 2.75) is 20.0 Å². The number of nitrogens with zero attached hydrogens (tertiary/aromatic N) is 1. The molecule has 1 heterocycles. The zero-order chi connectivity index (χ0) is 20.3. The summed E-state index contributed by atoms with van der Waals surface area (Å²) >= 11 is 3.50. The first kappa shape index (κ1) is 20.3. The normalized spacial score (nSPS) is 11.2. The number of Topliss-reactive ketones (excluding diaryl/α,β-unsaturated/α-hetero) is 1. The summed E-state index contributed by atoms with van der Waals surface area (Å²) < 4.78 is 12.3. The Morgan fingerprint density at radius 1 is 1.18 bits per heavy atom. The highest BCUT2D eigenvalue weighted by Crippen LogP contribution is 2.26. The van der Waals surface area contributed by atoms with Gasteiger partial charge in [-0.1, -0.05) is 34.1 Å². The van der Waals surface area contributed by atoms with Crippen LogP contribution in [0.15, 0.2) is 56.1 Å². The molecular formula is C22H22BrNO4. The van der Waals surface area contributed by atoms with Crippen molar-refractivity contribution >= 4 is 32.7 Å². The molecule has 1 aromatic heterocycles. The van der Waals surface area contributed by atoms with Crippen LogP contribution in [-0.4, -0.2) is 31.3 Å². The van der Waals surface area contributed by atoms with Crippen LogP contribution in [0.5, 0.6) is 5.75 Å². The third-order valence-corrected chi connectivity index (χ3v) is 5.25. The standard InChI is InChI=1S/C22H22BrNO4/c1-14-10-16(27-13-15-6-4-5-7-19(15)23)11-21-17(14)12-18(22(26)28-21)20(25)8-9-24(2)3/h4-7,10-12H,8-9,13H2,1-3H3. The highest BCUT2D eigenvalue weighted by Gasteiger charge is 2.15. The molecule has 0 atom stereocenters. The van der Waals surface area contributed by atoms with Gasteiger partial charge in [-0.2, -0.15) is 0 Å². The molecule has 0 N–H and O–H groups in total. The highest BCUT2D eigenvalue weighted by molar-refractivity contribution is 9.10. The first-order valence-corrected chi connectivity index (χ1v) is 9.77. The minimum absolute atomic E-state index is 0.0966. The van der Waals surface area contributed by atoms with Gasteiger partial charge in [0.05, 0.1) is 0 Å². The molecule has 6 heteroatoms. The number of carbonyl (C=O) groups is 1. The van der Waals surface area contributed by atoms with Crippen LogP contribution in [-0.2, 0) is 6.61 Å². The van der Waals surface area contributed by atoms with Gasteiger partial charge in [-0.05, 0) is 44.8 Å². The predicted octanol–water partition coefficient (Wildman–Crippen LogP) is 4.58. The van der Waals surface area contributed by atoms with Gasteiger partial charge in [-0.3, -0.25) is 4.79 Å². The second-order valence-electron chi connectivity index (χ2n) is 6.96. The van der Waals surface area contributed by atoms with Crippen LogP contribution in [0, 0.1) is 6.92 Å². The van der Waals surface area contributed by atoms with E-state index in [-0.39, 0.29) is 17.8 Å². The first-order valence-electron chi connectivity index (χ1n) is 8.98. The molecule has 0 amide bonds. The topological polar surface area (TPSA) is 59.8 Å². The lowest BCUT2D eigenvalue weighted by atomic mass is 10.0. The van der Waals surface area contributed by atoms with Gasteiger partial charge < -0.3 is 14.1 Å². The number of halogens is 1. The van der Waals surface area contributed by atoms with Crippen molar-refractivity contribution in [1.82, 2.24) is 4.90 Å². The summed E-state index contributed by atoms with van der Waals surface area (Å²) in [6.07, 6.45) is 0.273. The van der Waals surface area contributed by atoms with E-state index in [2.05, 4.69) is 15.9 Å². The van der Waals surface area contributed by atoms with Crippen molar-refractivity contribution in [1.29, 1.82) is 0 Å². The number of ketones is 1. The summed E-state index contributed by atoms with van der Waals surface area (Å²) in [7, 11) is 3.77. The lowest BCUT2D eigenvalue weighted by Gasteiger charge is -2.11. The third kappa shape index (κ3) is 4.69. The van der Waals surface area contributed by atoms with E-state index in [0.29, 0.717) is 24.5 Å². The Labute approximate surface area is 172 Å². The fraction of sp³-hybridized carbons (Fsp3) is 0.273. The second kappa shape index (κ2) is 8.71. The first-order chi connectivity index (χ1) is 13.3. The summed E-state index contributed by atoms with van der Waals surface area (Å²) in [6, 6.07) is 13.0. The molecule has 146 valence electrons. The van der Waals surface area contributed by atoms with E-state index in [1.54, 1.807) is 12.1 Å². The van der Waals surface area contributed by atoms with E-state index in [1.165, 1.54) is 0 Å². The Hall–Kier alpha value is -2.44. The predicted molar refractivity (Wildman–Crippen MR) is 113 cm³/mol. The average molecular weight is 444 g/mol. The van der Waals surface area contributed by atoms with Crippen LogP contribution in [0.2, 0.25) is 0 Å². The van der Waals surface area contributed by atoms with Crippen LogP contribution in [0.3, 0.4) is 0 Å². The Morgan fingerprint density at radius 3 is 2.64 bits per heavy atom. The minimum atomic E-state index is -0.612. The van der Waals surface area contributed by atoms with Gasteiger partial charge in [0.25, 0.3) is 0 Å². The fourth-order valence-electron chi connectivity index (χ4n) is 2.88. The number of benzene rings is 2. The number of aryl methyl sites for hydroxylation is 1. The van der Waals surface area contributed by atoms with Gasteiger partial charge >= 0.3 is 5.63 Å². The van der Waals surface area contributed by atoms with Crippen LogP contribution >= 0.6 is 15.9 Å². The lowest BCUT2D eigenvalue weighted by Crippen LogP contribution is -2.20. The van der Waals surface area contributed by atoms with Crippen molar-refractivity contribution in [3.8, 4) is 5.75 Å². The number of hydrogen-bond donors (Lipinski definition) is 0. The number of carbonyl (C=O) groups excluding carboxylic acids is 1. The smallest absolute Gasteiger partial charge is 0.347 e. The zero-order valence-electron chi connectivity index (χ0n) is 16.1. The van der Waals surface area contributed by atoms with Crippen molar-refractivity contribution in [3.05, 3.63) is 74.0 Å². The number of ether oxygens (including phenoxy) is 1. The van der Waals surface area contributed by atoms with Gasteiger partial charge in [-0.15, -0.1) is 0 Å². The summed E-state index contributed by atoms with van der Waals surface area (Å²) in [6.45, 7) is 2.87. The molecular weight excluding hydrogens is 422 g/mol. The van der Waals surface area contributed by atoms with Crippen molar-refractivity contribution in [3.63, 3.8) is 0 Å². The quantitative estimate of drug-likeness (QED) is 0.395. The zero-order valence-corrected chi connectivity index (χ0v) is 17.7. The van der Waals surface area contributed by atoms with Crippen molar-refractivity contribution in [2.75, 3.05) is 20.6 Å². The Morgan fingerprint density at radius 2 is 1.93 bits per heavy atom. The van der Waals surface area contributed by atoms with E-state index in [1.807, 2.05) is 56.3 Å². The molecule has 0 spiro atoms. The van der Waals surface area contributed by atoms with Gasteiger partial charge in [0.2, 0.25) is 0 Å². The van der Waals surface area contributed by atoms with Gasteiger partial charge in [0, 0.05) is 34.5 Å². The van der Waals surface area contributed by atoms with E-state index in [4.69, 9.17) is 9.15 Å². The summed E-state index contributed by atoms with van der Waals surface area (Å²) in [5, 5.41) is 0.737. The SMILES string of the molecule is Cc1cc(OCc2ccccc2Br)cc2oc(=O)c(C(=O)CCN(C)C)cc12. The van der Waals surface area contributed by atoms with E-state index >= 15 is 0 Å². The van der Waals surface area contributed by atoms with Crippen molar-refractivity contribution < 1.29 is 13.9 Å². The van der Waals surface area contributed by atoms with E-state index in [0.717, 1.165) is 21.0 Å². The fourth-order valence-corrected chi connectivity index (χ4v) is 3.27. The lowest BCUT2D eigenvalue weighted by molar-refractivity contribution is 0.0969. The third-order valence-electron chi connectivity index (χ3n) is 4.47. The number of fused-ring (bicyclic) bond motifs is 1. The summed E-state index contributed by atoms with van der Waals surface area (Å²) in [4.78, 5) is 26.6. The average Bonchev–Trinajstić information content (AvgIpc) is 2.65. The molecule has 0 aliphatic heterocycles. The molecule has 0 bridgehead atoms. The molecule has 0 saturated carbocycles. The maximum absolute atomic E-state index is 12.4. The maximum Gasteiger partial charge on any atom is 0.347 e. The molecule has 3 aromatic rings. The van der Waals surface area contributed by atoms with Crippen LogP contribution in [0.1, 0.15) is 27.9 Å². The highest BCUT2D eigenvalue weighted by atomic mass is 79.9. The Balaban J connectivity index is 1.87. The van der Waals surface area contributed by atoms with Gasteiger partial charge in [-0.25, -0.2) is 4.79 Å². The Bertz CT molecular complexity index is 1070. The molecule has 0 aliphatic rings. The molecule has 28 heavy (non-hydrogen) atoms. The van der Waals surface area contributed by atoms with Gasteiger partial charge in [0.15, 0.2) is 5.78 Å². The molecule has 5 nitrogen and oxygen atoms in total. The van der Waals surface area contributed by atoms with E-state index in [9.17, 15) is 9.59 Å². The van der Waals surface area contributed by atoms with Gasteiger partial charge in [0.1, 0.15) is 23.5 Å². The molecule has 0 saturated heterocycles.